The summed E-state index contributed by atoms with van der Waals surface area (Å²) in [6.07, 6.45) is 3.39. The second-order valence-electron chi connectivity index (χ2n) is 5.37. The molecule has 4 nitrogen and oxygen atoms in total. The highest BCUT2D eigenvalue weighted by Gasteiger charge is 2.18. The summed E-state index contributed by atoms with van der Waals surface area (Å²) in [5.74, 6) is 0.603. The standard InChI is InChI=1S/C15H25N3OS/c1-2-18-9-3-5-13(12-18)11-17-15(19)16-8-7-14-6-4-10-20-14/h4,6,10,13H,2-3,5,7-9,11-12H2,1H3,(H2,16,17,19)/t13-/m1/s1. The number of hydrogen-bond acceptors (Lipinski definition) is 3. The summed E-state index contributed by atoms with van der Waals surface area (Å²) < 4.78 is 0. The molecule has 1 fully saturated rings. The normalized spacial score (nSPS) is 19.8. The van der Waals surface area contributed by atoms with Crippen LogP contribution in [0.3, 0.4) is 0 Å². The highest BCUT2D eigenvalue weighted by Crippen LogP contribution is 2.15. The minimum atomic E-state index is -0.0322. The molecule has 112 valence electrons. The van der Waals surface area contributed by atoms with E-state index in [1.165, 1.54) is 24.3 Å². The van der Waals surface area contributed by atoms with E-state index >= 15 is 0 Å². The fourth-order valence-electron chi connectivity index (χ4n) is 2.66. The van der Waals surface area contributed by atoms with Crippen molar-refractivity contribution in [3.05, 3.63) is 22.4 Å². The van der Waals surface area contributed by atoms with Crippen LogP contribution in [-0.2, 0) is 6.42 Å². The van der Waals surface area contributed by atoms with Crippen molar-refractivity contribution in [1.82, 2.24) is 15.5 Å². The van der Waals surface area contributed by atoms with E-state index in [9.17, 15) is 4.79 Å². The van der Waals surface area contributed by atoms with Gasteiger partial charge in [-0.3, -0.25) is 0 Å². The molecule has 0 unspecified atom stereocenters. The van der Waals surface area contributed by atoms with Crippen LogP contribution in [0.15, 0.2) is 17.5 Å². The number of thiophene rings is 1. The third-order valence-electron chi connectivity index (χ3n) is 3.84. The van der Waals surface area contributed by atoms with Crippen molar-refractivity contribution in [1.29, 1.82) is 0 Å². The maximum Gasteiger partial charge on any atom is 0.314 e. The Labute approximate surface area is 125 Å². The third kappa shape index (κ3) is 5.13. The average Bonchev–Trinajstić information content (AvgIpc) is 2.98. The lowest BCUT2D eigenvalue weighted by Gasteiger charge is -2.31. The van der Waals surface area contributed by atoms with Crippen LogP contribution < -0.4 is 10.6 Å². The van der Waals surface area contributed by atoms with Gasteiger partial charge in [-0.2, -0.15) is 0 Å². The number of carbonyl (C=O) groups is 1. The number of urea groups is 1. The van der Waals surface area contributed by atoms with Gasteiger partial charge < -0.3 is 15.5 Å². The van der Waals surface area contributed by atoms with E-state index in [0.717, 1.165) is 26.1 Å². The monoisotopic (exact) mass is 295 g/mol. The molecule has 1 aromatic heterocycles. The van der Waals surface area contributed by atoms with Gasteiger partial charge in [-0.25, -0.2) is 4.79 Å². The third-order valence-corrected chi connectivity index (χ3v) is 4.77. The van der Waals surface area contributed by atoms with E-state index in [-0.39, 0.29) is 6.03 Å². The van der Waals surface area contributed by atoms with Crippen molar-refractivity contribution in [2.24, 2.45) is 5.92 Å². The van der Waals surface area contributed by atoms with E-state index in [2.05, 4.69) is 33.9 Å². The smallest absolute Gasteiger partial charge is 0.314 e. The summed E-state index contributed by atoms with van der Waals surface area (Å²) in [6.45, 7) is 7.14. The second-order valence-corrected chi connectivity index (χ2v) is 6.40. The Bertz CT molecular complexity index is 394. The Kier molecular flexibility index (Phi) is 6.33. The molecular formula is C15H25N3OS. The predicted octanol–water partition coefficient (Wildman–Crippen LogP) is 2.32. The van der Waals surface area contributed by atoms with Gasteiger partial charge in [-0.15, -0.1) is 11.3 Å². The van der Waals surface area contributed by atoms with Gasteiger partial charge in [0.05, 0.1) is 0 Å². The first-order valence-corrected chi connectivity index (χ1v) is 8.42. The van der Waals surface area contributed by atoms with Crippen molar-refractivity contribution in [3.63, 3.8) is 0 Å². The van der Waals surface area contributed by atoms with Gasteiger partial charge in [-0.1, -0.05) is 13.0 Å². The number of piperidine rings is 1. The zero-order valence-electron chi connectivity index (χ0n) is 12.2. The van der Waals surface area contributed by atoms with Crippen molar-refractivity contribution >= 4 is 17.4 Å². The van der Waals surface area contributed by atoms with Gasteiger partial charge in [0.2, 0.25) is 0 Å². The molecule has 20 heavy (non-hydrogen) atoms. The summed E-state index contributed by atoms with van der Waals surface area (Å²) in [6, 6.07) is 4.11. The van der Waals surface area contributed by atoms with Crippen LogP contribution in [0.1, 0.15) is 24.6 Å². The van der Waals surface area contributed by atoms with Gasteiger partial charge in [0.25, 0.3) is 0 Å². The lowest BCUT2D eigenvalue weighted by atomic mass is 9.98. The summed E-state index contributed by atoms with van der Waals surface area (Å²) >= 11 is 1.74. The van der Waals surface area contributed by atoms with Gasteiger partial charge in [0, 0.05) is 24.5 Å². The SMILES string of the molecule is CCN1CCC[C@H](CNC(=O)NCCc2cccs2)C1. The number of nitrogens with zero attached hydrogens (tertiary/aromatic N) is 1. The quantitative estimate of drug-likeness (QED) is 0.846. The summed E-state index contributed by atoms with van der Waals surface area (Å²) in [4.78, 5) is 15.5. The maximum atomic E-state index is 11.7. The molecule has 0 radical (unpaired) electrons. The zero-order valence-corrected chi connectivity index (χ0v) is 13.0. The van der Waals surface area contributed by atoms with Gasteiger partial charge in [-0.05, 0) is 49.7 Å². The number of hydrogen-bond donors (Lipinski definition) is 2. The first-order chi connectivity index (χ1) is 9.78. The largest absolute Gasteiger partial charge is 0.338 e. The molecule has 0 bridgehead atoms. The van der Waals surface area contributed by atoms with Crippen LogP contribution in [-0.4, -0.2) is 43.7 Å². The molecule has 0 aliphatic carbocycles. The molecule has 2 amide bonds. The van der Waals surface area contributed by atoms with Gasteiger partial charge in [0.1, 0.15) is 0 Å². The molecule has 1 aromatic rings. The molecule has 1 saturated heterocycles. The van der Waals surface area contributed by atoms with E-state index in [0.29, 0.717) is 12.5 Å². The minimum absolute atomic E-state index is 0.0322. The van der Waals surface area contributed by atoms with Crippen LogP contribution >= 0.6 is 11.3 Å². The maximum absolute atomic E-state index is 11.7. The summed E-state index contributed by atoms with van der Waals surface area (Å²) in [7, 11) is 0. The summed E-state index contributed by atoms with van der Waals surface area (Å²) in [5, 5.41) is 8.00. The van der Waals surface area contributed by atoms with Crippen LogP contribution in [0.25, 0.3) is 0 Å². The van der Waals surface area contributed by atoms with Crippen molar-refractivity contribution < 1.29 is 4.79 Å². The van der Waals surface area contributed by atoms with E-state index in [4.69, 9.17) is 0 Å². The topological polar surface area (TPSA) is 44.4 Å². The number of nitrogens with one attached hydrogen (secondary N) is 2. The number of likely N-dealkylation sites (tertiary alicyclic amines) is 1. The molecule has 1 aliphatic heterocycles. The zero-order chi connectivity index (χ0) is 14.2. The number of amides is 2. The summed E-state index contributed by atoms with van der Waals surface area (Å²) in [5.41, 5.74) is 0. The molecule has 0 spiro atoms. The van der Waals surface area contributed by atoms with Crippen LogP contribution in [0.5, 0.6) is 0 Å². The molecule has 2 heterocycles. The lowest BCUT2D eigenvalue weighted by molar-refractivity contribution is 0.179. The van der Waals surface area contributed by atoms with E-state index in [1.54, 1.807) is 11.3 Å². The Morgan fingerprint density at radius 3 is 3.15 bits per heavy atom. The molecule has 0 aromatic carbocycles. The fourth-order valence-corrected chi connectivity index (χ4v) is 3.37. The highest BCUT2D eigenvalue weighted by atomic mass is 32.1. The Morgan fingerprint density at radius 1 is 1.50 bits per heavy atom. The molecule has 1 atom stereocenters. The van der Waals surface area contributed by atoms with E-state index < -0.39 is 0 Å². The number of rotatable bonds is 6. The predicted molar refractivity (Wildman–Crippen MR) is 84.3 cm³/mol. The van der Waals surface area contributed by atoms with Crippen molar-refractivity contribution in [3.8, 4) is 0 Å². The highest BCUT2D eigenvalue weighted by molar-refractivity contribution is 7.09. The Hall–Kier alpha value is -1.07. The van der Waals surface area contributed by atoms with Crippen LogP contribution in [0.2, 0.25) is 0 Å². The molecule has 2 rings (SSSR count). The molecule has 0 saturated carbocycles. The lowest BCUT2D eigenvalue weighted by Crippen LogP contribution is -2.43. The van der Waals surface area contributed by atoms with Gasteiger partial charge in [0.15, 0.2) is 0 Å². The molecule has 5 heteroatoms. The van der Waals surface area contributed by atoms with Crippen LogP contribution in [0.4, 0.5) is 4.79 Å². The van der Waals surface area contributed by atoms with Gasteiger partial charge >= 0.3 is 6.03 Å². The number of carbonyl (C=O) groups excluding carboxylic acids is 1. The van der Waals surface area contributed by atoms with Crippen LogP contribution in [0, 0.1) is 5.92 Å². The Morgan fingerprint density at radius 2 is 2.40 bits per heavy atom. The Balaban J connectivity index is 1.57. The van der Waals surface area contributed by atoms with Crippen molar-refractivity contribution in [2.45, 2.75) is 26.2 Å². The molecule has 1 aliphatic rings. The average molecular weight is 295 g/mol. The fraction of sp³-hybridized carbons (Fsp3) is 0.667. The minimum Gasteiger partial charge on any atom is -0.338 e. The van der Waals surface area contributed by atoms with E-state index in [1.807, 2.05) is 6.07 Å². The first-order valence-electron chi connectivity index (χ1n) is 7.54. The molecular weight excluding hydrogens is 270 g/mol. The van der Waals surface area contributed by atoms with Crippen molar-refractivity contribution in [2.75, 3.05) is 32.7 Å². The first kappa shape index (κ1) is 15.3. The molecule has 2 N–H and O–H groups in total. The second kappa shape index (κ2) is 8.27.